The fraction of sp³-hybridized carbons (Fsp3) is 0.174. The molecule has 0 unspecified atom stereocenters. The number of hydrogen-bond donors (Lipinski definition) is 2. The van der Waals surface area contributed by atoms with Gasteiger partial charge in [0.15, 0.2) is 0 Å². The summed E-state index contributed by atoms with van der Waals surface area (Å²) in [4.78, 5) is 12.9. The molecule has 0 saturated carbocycles. The van der Waals surface area contributed by atoms with Crippen molar-refractivity contribution in [1.29, 1.82) is 0 Å². The van der Waals surface area contributed by atoms with E-state index in [4.69, 9.17) is 11.6 Å². The van der Waals surface area contributed by atoms with E-state index >= 15 is 0 Å². The lowest BCUT2D eigenvalue weighted by molar-refractivity contribution is -0.122. The Morgan fingerprint density at radius 1 is 0.833 bits per heavy atom. The van der Waals surface area contributed by atoms with E-state index in [1.807, 2.05) is 60.7 Å². The summed E-state index contributed by atoms with van der Waals surface area (Å²) in [6.07, 6.45) is 0.902. The largest absolute Gasteiger partial charge is 0.354 e. The Morgan fingerprint density at radius 3 is 2.00 bits per heavy atom. The molecule has 3 aromatic rings. The first kappa shape index (κ1) is 22.0. The molecule has 0 aliphatic carbocycles. The Balaban J connectivity index is 1.72. The van der Waals surface area contributed by atoms with E-state index in [1.54, 1.807) is 0 Å². The Kier molecular flexibility index (Phi) is 7.63. The molecular weight excluding hydrogens is 420 g/mol. The van der Waals surface area contributed by atoms with Crippen LogP contribution in [-0.2, 0) is 27.7 Å². The minimum Gasteiger partial charge on any atom is -0.354 e. The number of carbonyl (C=O) groups excluding carboxylic acids is 1. The summed E-state index contributed by atoms with van der Waals surface area (Å²) in [7, 11) is -3.89. The minimum absolute atomic E-state index is 0.0575. The van der Waals surface area contributed by atoms with Gasteiger partial charge < -0.3 is 5.32 Å². The first-order valence-electron chi connectivity index (χ1n) is 9.57. The van der Waals surface area contributed by atoms with Gasteiger partial charge in [0.1, 0.15) is 6.04 Å². The molecule has 156 valence electrons. The molecule has 0 aromatic heterocycles. The molecule has 1 atom stereocenters. The average Bonchev–Trinajstić information content (AvgIpc) is 2.75. The highest BCUT2D eigenvalue weighted by molar-refractivity contribution is 7.89. The van der Waals surface area contributed by atoms with Crippen LogP contribution in [0.5, 0.6) is 0 Å². The fourth-order valence-corrected chi connectivity index (χ4v) is 4.33. The number of sulfonamides is 1. The number of rotatable bonds is 9. The van der Waals surface area contributed by atoms with E-state index in [2.05, 4.69) is 10.0 Å². The number of hydrogen-bond acceptors (Lipinski definition) is 3. The molecular formula is C23H23ClN2O3S. The predicted molar refractivity (Wildman–Crippen MR) is 119 cm³/mol. The molecule has 0 aliphatic heterocycles. The van der Waals surface area contributed by atoms with Crippen molar-refractivity contribution in [3.63, 3.8) is 0 Å². The van der Waals surface area contributed by atoms with Crippen molar-refractivity contribution in [3.05, 3.63) is 101 Å². The van der Waals surface area contributed by atoms with Gasteiger partial charge >= 0.3 is 0 Å². The third-order valence-electron chi connectivity index (χ3n) is 4.58. The second-order valence-corrected chi connectivity index (χ2v) is 8.99. The van der Waals surface area contributed by atoms with Gasteiger partial charge in [-0.1, -0.05) is 72.3 Å². The lowest BCUT2D eigenvalue weighted by Gasteiger charge is -2.19. The molecule has 0 aliphatic rings. The van der Waals surface area contributed by atoms with Crippen LogP contribution in [-0.4, -0.2) is 26.9 Å². The third-order valence-corrected chi connectivity index (χ3v) is 6.32. The highest BCUT2D eigenvalue weighted by atomic mass is 35.5. The van der Waals surface area contributed by atoms with Crippen molar-refractivity contribution >= 4 is 27.5 Å². The molecule has 0 fully saturated rings. The van der Waals surface area contributed by atoms with Crippen LogP contribution in [0.25, 0.3) is 0 Å². The van der Waals surface area contributed by atoms with E-state index in [9.17, 15) is 13.2 Å². The van der Waals surface area contributed by atoms with Crippen LogP contribution in [0.2, 0.25) is 5.02 Å². The third kappa shape index (κ3) is 6.42. The van der Waals surface area contributed by atoms with Crippen molar-refractivity contribution in [1.82, 2.24) is 10.0 Å². The standard InChI is InChI=1S/C23H23ClN2O3S/c24-20-11-13-21(14-12-20)30(28,29)26-22(17-19-9-5-2-6-10-19)23(27)25-16-15-18-7-3-1-4-8-18/h1-14,22,26H,15-17H2,(H,25,27)/t22-/m1/s1. The van der Waals surface area contributed by atoms with Crippen LogP contribution in [0.1, 0.15) is 11.1 Å². The lowest BCUT2D eigenvalue weighted by atomic mass is 10.1. The molecule has 3 aromatic carbocycles. The molecule has 5 nitrogen and oxygen atoms in total. The predicted octanol–water partition coefficient (Wildman–Crippen LogP) is 3.59. The second kappa shape index (κ2) is 10.4. The van der Waals surface area contributed by atoms with Gasteiger partial charge in [0.05, 0.1) is 4.90 Å². The molecule has 30 heavy (non-hydrogen) atoms. The minimum atomic E-state index is -3.89. The Hall–Kier alpha value is -2.67. The quantitative estimate of drug-likeness (QED) is 0.531. The summed E-state index contributed by atoms with van der Waals surface area (Å²) in [5.74, 6) is -0.368. The lowest BCUT2D eigenvalue weighted by Crippen LogP contribution is -2.48. The highest BCUT2D eigenvalue weighted by Gasteiger charge is 2.26. The van der Waals surface area contributed by atoms with Crippen LogP contribution in [0.4, 0.5) is 0 Å². The van der Waals surface area contributed by atoms with Crippen LogP contribution < -0.4 is 10.0 Å². The van der Waals surface area contributed by atoms with Crippen molar-refractivity contribution in [2.45, 2.75) is 23.8 Å². The van der Waals surface area contributed by atoms with Gasteiger partial charge in [-0.05, 0) is 48.2 Å². The first-order valence-corrected chi connectivity index (χ1v) is 11.4. The topological polar surface area (TPSA) is 75.3 Å². The SMILES string of the molecule is O=C(NCCc1ccccc1)[C@@H](Cc1ccccc1)NS(=O)(=O)c1ccc(Cl)cc1. The monoisotopic (exact) mass is 442 g/mol. The Morgan fingerprint density at radius 2 is 1.40 bits per heavy atom. The second-order valence-electron chi connectivity index (χ2n) is 6.84. The summed E-state index contributed by atoms with van der Waals surface area (Å²) in [5.41, 5.74) is 1.96. The molecule has 0 radical (unpaired) electrons. The normalized spacial score (nSPS) is 12.3. The summed E-state index contributed by atoms with van der Waals surface area (Å²) in [6, 6.07) is 24.0. The van der Waals surface area contributed by atoms with Gasteiger partial charge in [-0.2, -0.15) is 4.72 Å². The van der Waals surface area contributed by atoms with Gasteiger partial charge in [-0.15, -0.1) is 0 Å². The Bertz CT molecular complexity index is 1060. The van der Waals surface area contributed by atoms with E-state index in [1.165, 1.54) is 24.3 Å². The number of nitrogens with one attached hydrogen (secondary N) is 2. The van der Waals surface area contributed by atoms with Gasteiger partial charge in [0, 0.05) is 11.6 Å². The van der Waals surface area contributed by atoms with Crippen LogP contribution in [0.15, 0.2) is 89.8 Å². The number of amides is 1. The molecule has 0 bridgehead atoms. The van der Waals surface area contributed by atoms with Crippen molar-refractivity contribution in [3.8, 4) is 0 Å². The maximum atomic E-state index is 12.8. The number of halogens is 1. The van der Waals surface area contributed by atoms with E-state index in [0.717, 1.165) is 11.1 Å². The summed E-state index contributed by atoms with van der Waals surface area (Å²) < 4.78 is 28.2. The molecule has 2 N–H and O–H groups in total. The zero-order chi connectivity index (χ0) is 21.4. The van der Waals surface area contributed by atoms with Gasteiger partial charge in [0.2, 0.25) is 15.9 Å². The zero-order valence-electron chi connectivity index (χ0n) is 16.3. The maximum Gasteiger partial charge on any atom is 0.241 e. The molecule has 0 spiro atoms. The van der Waals surface area contributed by atoms with Gasteiger partial charge in [-0.25, -0.2) is 8.42 Å². The fourth-order valence-electron chi connectivity index (χ4n) is 3.00. The first-order chi connectivity index (χ1) is 14.4. The van der Waals surface area contributed by atoms with Crippen LogP contribution in [0.3, 0.4) is 0 Å². The highest BCUT2D eigenvalue weighted by Crippen LogP contribution is 2.15. The van der Waals surface area contributed by atoms with E-state index in [0.29, 0.717) is 18.0 Å². The smallest absolute Gasteiger partial charge is 0.241 e. The average molecular weight is 443 g/mol. The molecule has 0 heterocycles. The molecule has 1 amide bonds. The number of carbonyl (C=O) groups is 1. The Labute approximate surface area is 182 Å². The summed E-state index contributed by atoms with van der Waals surface area (Å²) >= 11 is 5.85. The number of benzene rings is 3. The van der Waals surface area contributed by atoms with E-state index in [-0.39, 0.29) is 17.2 Å². The van der Waals surface area contributed by atoms with Gasteiger partial charge in [-0.3, -0.25) is 4.79 Å². The van der Waals surface area contributed by atoms with Crippen molar-refractivity contribution < 1.29 is 13.2 Å². The molecule has 3 rings (SSSR count). The van der Waals surface area contributed by atoms with Crippen molar-refractivity contribution in [2.75, 3.05) is 6.54 Å². The van der Waals surface area contributed by atoms with Gasteiger partial charge in [0.25, 0.3) is 0 Å². The summed E-state index contributed by atoms with van der Waals surface area (Å²) in [6.45, 7) is 0.414. The molecule has 0 saturated heterocycles. The van der Waals surface area contributed by atoms with Crippen molar-refractivity contribution in [2.24, 2.45) is 0 Å². The van der Waals surface area contributed by atoms with Crippen LogP contribution in [0, 0.1) is 0 Å². The van der Waals surface area contributed by atoms with Crippen LogP contribution >= 0.6 is 11.6 Å². The summed E-state index contributed by atoms with van der Waals surface area (Å²) in [5, 5.41) is 3.29. The maximum absolute atomic E-state index is 12.8. The molecule has 7 heteroatoms. The van der Waals surface area contributed by atoms with E-state index < -0.39 is 16.1 Å². The zero-order valence-corrected chi connectivity index (χ0v) is 17.9.